The molecule has 6 heteroatoms. The summed E-state index contributed by atoms with van der Waals surface area (Å²) in [6.07, 6.45) is 0.704. The Hall–Kier alpha value is -0.480. The molecule has 0 aliphatic heterocycles. The lowest BCUT2D eigenvalue weighted by Gasteiger charge is -2.13. The van der Waals surface area contributed by atoms with E-state index in [1.165, 1.54) is 0 Å². The highest BCUT2D eigenvalue weighted by Gasteiger charge is 2.31. The van der Waals surface area contributed by atoms with Crippen LogP contribution in [-0.4, -0.2) is 18.1 Å². The second-order valence-electron chi connectivity index (χ2n) is 3.25. The van der Waals surface area contributed by atoms with Crippen LogP contribution in [0.2, 0.25) is 0 Å². The zero-order chi connectivity index (χ0) is 12.9. The lowest BCUT2D eigenvalue weighted by molar-refractivity contribution is 0.225. The quantitative estimate of drug-likeness (QED) is 0.434. The van der Waals surface area contributed by atoms with Crippen LogP contribution in [0, 0.1) is 0 Å². The smallest absolute Gasteiger partial charge is 0.396 e. The van der Waals surface area contributed by atoms with E-state index in [9.17, 15) is 4.57 Å². The van der Waals surface area contributed by atoms with Gasteiger partial charge in [0.05, 0.1) is 18.1 Å². The molecule has 96 valence electrons. The van der Waals surface area contributed by atoms with Crippen LogP contribution in [0.25, 0.3) is 0 Å². The van der Waals surface area contributed by atoms with Crippen LogP contribution in [0.1, 0.15) is 33.0 Å². The molecule has 0 radical (unpaired) electrons. The largest absolute Gasteiger partial charge is 0.448 e. The molecule has 0 bridgehead atoms. The Morgan fingerprint density at radius 2 is 1.88 bits per heavy atom. The lowest BCUT2D eigenvalue weighted by atomic mass is 10.3. The van der Waals surface area contributed by atoms with Crippen molar-refractivity contribution in [1.29, 1.82) is 0 Å². The average molecular weight is 276 g/mol. The molecule has 0 aliphatic rings. The predicted molar refractivity (Wildman–Crippen MR) is 71.2 cm³/mol. The maximum absolute atomic E-state index is 12.4. The lowest BCUT2D eigenvalue weighted by Crippen LogP contribution is -2.08. The molecule has 0 saturated heterocycles. The summed E-state index contributed by atoms with van der Waals surface area (Å²) >= 11 is 5.12. The molecule has 1 rings (SSSR count). The highest BCUT2D eigenvalue weighted by atomic mass is 32.1. The number of thiocarbonyl (C=S) groups is 1. The molecule has 0 atom stereocenters. The van der Waals surface area contributed by atoms with Crippen molar-refractivity contribution in [2.75, 3.05) is 13.2 Å². The van der Waals surface area contributed by atoms with Gasteiger partial charge in [0.25, 0.3) is 0 Å². The topological polar surface area (TPSA) is 48.7 Å². The van der Waals surface area contributed by atoms with Crippen molar-refractivity contribution in [2.45, 2.75) is 27.2 Å². The van der Waals surface area contributed by atoms with Crippen molar-refractivity contribution in [3.63, 3.8) is 0 Å². The summed E-state index contributed by atoms with van der Waals surface area (Å²) in [4.78, 5) is 0.691. The van der Waals surface area contributed by atoms with Gasteiger partial charge in [0.1, 0.15) is 5.76 Å². The molecular weight excluding hydrogens is 259 g/mol. The van der Waals surface area contributed by atoms with Crippen LogP contribution in [0.5, 0.6) is 0 Å². The van der Waals surface area contributed by atoms with Crippen LogP contribution in [0.3, 0.4) is 0 Å². The highest BCUT2D eigenvalue weighted by Crippen LogP contribution is 2.47. The summed E-state index contributed by atoms with van der Waals surface area (Å²) in [6, 6.07) is 3.30. The van der Waals surface area contributed by atoms with E-state index in [-0.39, 0.29) is 5.50 Å². The molecule has 0 amide bonds. The van der Waals surface area contributed by atoms with Crippen molar-refractivity contribution in [2.24, 2.45) is 0 Å². The summed E-state index contributed by atoms with van der Waals surface area (Å²) in [7, 11) is -3.33. The minimum Gasteiger partial charge on any atom is -0.448 e. The second-order valence-corrected chi connectivity index (χ2v) is 5.69. The van der Waals surface area contributed by atoms with Crippen LogP contribution >= 0.6 is 19.8 Å². The van der Waals surface area contributed by atoms with E-state index in [4.69, 9.17) is 25.7 Å². The molecule has 1 aromatic rings. The number of furan rings is 1. The van der Waals surface area contributed by atoms with Crippen molar-refractivity contribution < 1.29 is 18.0 Å². The fraction of sp³-hybridized carbons (Fsp3) is 0.545. The molecular formula is C11H17O4PS. The van der Waals surface area contributed by atoms with Crippen molar-refractivity contribution in [3.8, 4) is 0 Å². The summed E-state index contributed by atoms with van der Waals surface area (Å²) in [5.41, 5.74) is 0.215. The molecule has 0 spiro atoms. The zero-order valence-electron chi connectivity index (χ0n) is 10.3. The van der Waals surface area contributed by atoms with Crippen molar-refractivity contribution in [3.05, 3.63) is 17.9 Å². The van der Waals surface area contributed by atoms with E-state index >= 15 is 0 Å². The molecule has 1 heterocycles. The van der Waals surface area contributed by atoms with Gasteiger partial charge in [-0.1, -0.05) is 19.1 Å². The summed E-state index contributed by atoms with van der Waals surface area (Å²) in [5, 5.41) is 0. The molecule has 0 unspecified atom stereocenters. The number of rotatable bonds is 7. The van der Waals surface area contributed by atoms with Gasteiger partial charge in [0.2, 0.25) is 5.50 Å². The van der Waals surface area contributed by atoms with Crippen molar-refractivity contribution in [1.82, 2.24) is 0 Å². The first-order chi connectivity index (χ1) is 8.07. The fourth-order valence-corrected chi connectivity index (χ4v) is 2.89. The third-order valence-electron chi connectivity index (χ3n) is 2.06. The Labute approximate surface area is 107 Å². The predicted octanol–water partition coefficient (Wildman–Crippen LogP) is 3.30. The van der Waals surface area contributed by atoms with E-state index in [1.807, 2.05) is 6.92 Å². The Kier molecular flexibility index (Phi) is 5.53. The van der Waals surface area contributed by atoms with E-state index in [0.29, 0.717) is 30.3 Å². The van der Waals surface area contributed by atoms with Gasteiger partial charge in [-0.25, -0.2) is 0 Å². The normalized spacial score (nSPS) is 11.7. The first-order valence-corrected chi connectivity index (χ1v) is 7.55. The molecule has 1 aromatic heterocycles. The van der Waals surface area contributed by atoms with Crippen molar-refractivity contribution >= 4 is 30.2 Å². The standard InChI is InChI=1S/C11H17O4PS/c1-4-10(17)9-7-8-11(15-9)16(12,13-5-2)14-6-3/h7-8H,4-6H2,1-3H3. The van der Waals surface area contributed by atoms with Gasteiger partial charge >= 0.3 is 7.60 Å². The van der Waals surface area contributed by atoms with Gasteiger partial charge in [-0.05, 0) is 32.4 Å². The molecule has 0 aromatic carbocycles. The first kappa shape index (κ1) is 14.6. The Bertz CT molecular complexity index is 417. The summed E-state index contributed by atoms with van der Waals surface area (Å²) < 4.78 is 28.2. The molecule has 17 heavy (non-hydrogen) atoms. The molecule has 0 saturated carbocycles. The van der Waals surface area contributed by atoms with Gasteiger partial charge in [-0.3, -0.25) is 4.57 Å². The summed E-state index contributed by atoms with van der Waals surface area (Å²) in [5.74, 6) is 0.553. The van der Waals surface area contributed by atoms with E-state index < -0.39 is 7.60 Å². The third kappa shape index (κ3) is 3.49. The van der Waals surface area contributed by atoms with E-state index in [2.05, 4.69) is 0 Å². The van der Waals surface area contributed by atoms with Gasteiger partial charge in [0, 0.05) is 0 Å². The minimum atomic E-state index is -3.33. The van der Waals surface area contributed by atoms with Crippen LogP contribution < -0.4 is 5.50 Å². The van der Waals surface area contributed by atoms with Gasteiger partial charge in [-0.2, -0.15) is 0 Å². The Morgan fingerprint density at radius 1 is 1.29 bits per heavy atom. The van der Waals surface area contributed by atoms with Gasteiger partial charge < -0.3 is 13.5 Å². The number of hydrogen-bond donors (Lipinski definition) is 0. The Balaban J connectivity index is 3.00. The molecule has 0 N–H and O–H groups in total. The monoisotopic (exact) mass is 276 g/mol. The SMILES string of the molecule is CCOP(=O)(OCC)c1ccc(C(=S)CC)o1. The zero-order valence-corrected chi connectivity index (χ0v) is 12.0. The molecule has 4 nitrogen and oxygen atoms in total. The Morgan fingerprint density at radius 3 is 2.35 bits per heavy atom. The van der Waals surface area contributed by atoms with E-state index in [0.717, 1.165) is 0 Å². The fourth-order valence-electron chi connectivity index (χ4n) is 1.30. The summed E-state index contributed by atoms with van der Waals surface area (Å²) in [6.45, 7) is 6.05. The van der Waals surface area contributed by atoms with Gasteiger partial charge in [-0.15, -0.1) is 0 Å². The van der Waals surface area contributed by atoms with Crippen LogP contribution in [0.15, 0.2) is 16.5 Å². The molecule has 0 aliphatic carbocycles. The minimum absolute atomic E-state index is 0.215. The highest BCUT2D eigenvalue weighted by molar-refractivity contribution is 7.80. The van der Waals surface area contributed by atoms with Crippen LogP contribution in [-0.2, 0) is 13.6 Å². The molecule has 0 fully saturated rings. The third-order valence-corrected chi connectivity index (χ3v) is 4.52. The second kappa shape index (κ2) is 6.45. The van der Waals surface area contributed by atoms with E-state index in [1.54, 1.807) is 26.0 Å². The first-order valence-electron chi connectivity index (χ1n) is 5.60. The van der Waals surface area contributed by atoms with Crippen LogP contribution in [0.4, 0.5) is 0 Å². The van der Waals surface area contributed by atoms with Gasteiger partial charge in [0.15, 0.2) is 0 Å². The maximum Gasteiger partial charge on any atom is 0.396 e. The number of hydrogen-bond acceptors (Lipinski definition) is 5. The average Bonchev–Trinajstić information content (AvgIpc) is 2.78. The maximum atomic E-state index is 12.4.